The highest BCUT2D eigenvalue weighted by molar-refractivity contribution is 5.96. The van der Waals surface area contributed by atoms with Crippen molar-refractivity contribution >= 4 is 23.5 Å². The van der Waals surface area contributed by atoms with Crippen molar-refractivity contribution < 1.29 is 28.3 Å². The number of benzene rings is 1. The zero-order valence-corrected chi connectivity index (χ0v) is 15.4. The third-order valence-electron chi connectivity index (χ3n) is 3.68. The number of methoxy groups -OCH3 is 1. The van der Waals surface area contributed by atoms with Gasteiger partial charge in [0.2, 0.25) is 0 Å². The van der Waals surface area contributed by atoms with Crippen LogP contribution in [0.25, 0.3) is 0 Å². The predicted octanol–water partition coefficient (Wildman–Crippen LogP) is 2.22. The maximum absolute atomic E-state index is 12.3. The number of nitrogens with one attached hydrogen (secondary N) is 2. The summed E-state index contributed by atoms with van der Waals surface area (Å²) in [5.41, 5.74) is 0.465. The van der Waals surface area contributed by atoms with Gasteiger partial charge in [-0.2, -0.15) is 0 Å². The molecule has 8 nitrogen and oxygen atoms in total. The number of carbonyl (C=O) groups excluding carboxylic acids is 3. The maximum atomic E-state index is 12.3. The lowest BCUT2D eigenvalue weighted by Gasteiger charge is -2.20. The van der Waals surface area contributed by atoms with Crippen LogP contribution in [0.4, 0.5) is 5.69 Å². The van der Waals surface area contributed by atoms with E-state index in [0.717, 1.165) is 0 Å². The van der Waals surface area contributed by atoms with Crippen LogP contribution >= 0.6 is 0 Å². The van der Waals surface area contributed by atoms with E-state index in [1.54, 1.807) is 44.2 Å². The Kier molecular flexibility index (Phi) is 6.99. The molecule has 2 aromatic rings. The molecule has 0 spiro atoms. The smallest absolute Gasteiger partial charge is 0.329 e. The number of furan rings is 1. The first kappa shape index (κ1) is 20.0. The first-order valence-corrected chi connectivity index (χ1v) is 8.36. The number of hydrogen-bond acceptors (Lipinski definition) is 6. The number of para-hydroxylation sites is 2. The van der Waals surface area contributed by atoms with Crippen molar-refractivity contribution in [2.45, 2.75) is 19.9 Å². The fourth-order valence-corrected chi connectivity index (χ4v) is 2.28. The molecule has 2 rings (SSSR count). The molecule has 0 aliphatic carbocycles. The number of rotatable bonds is 8. The van der Waals surface area contributed by atoms with Crippen LogP contribution in [0.1, 0.15) is 24.4 Å². The minimum Gasteiger partial charge on any atom is -0.495 e. The van der Waals surface area contributed by atoms with E-state index in [0.29, 0.717) is 11.4 Å². The van der Waals surface area contributed by atoms with Gasteiger partial charge in [0.1, 0.15) is 11.8 Å². The molecule has 0 radical (unpaired) electrons. The molecule has 0 unspecified atom stereocenters. The van der Waals surface area contributed by atoms with Crippen LogP contribution < -0.4 is 15.4 Å². The van der Waals surface area contributed by atoms with E-state index < -0.39 is 30.4 Å². The third kappa shape index (κ3) is 5.60. The Hall–Kier alpha value is -3.29. The van der Waals surface area contributed by atoms with Crippen LogP contribution in [0.2, 0.25) is 0 Å². The second-order valence-electron chi connectivity index (χ2n) is 6.03. The lowest BCUT2D eigenvalue weighted by molar-refractivity contribution is -0.150. The molecule has 0 saturated carbocycles. The molecule has 0 aliphatic rings. The Morgan fingerprint density at radius 1 is 1.11 bits per heavy atom. The van der Waals surface area contributed by atoms with E-state index in [1.807, 2.05) is 0 Å². The summed E-state index contributed by atoms with van der Waals surface area (Å²) in [5, 5.41) is 5.16. The molecule has 1 aromatic heterocycles. The van der Waals surface area contributed by atoms with Gasteiger partial charge in [-0.25, -0.2) is 4.79 Å². The number of esters is 1. The Balaban J connectivity index is 1.91. The fourth-order valence-electron chi connectivity index (χ4n) is 2.28. The summed E-state index contributed by atoms with van der Waals surface area (Å²) < 4.78 is 15.2. The largest absolute Gasteiger partial charge is 0.495 e. The van der Waals surface area contributed by atoms with E-state index in [2.05, 4.69) is 10.6 Å². The molecule has 0 fully saturated rings. The summed E-state index contributed by atoms with van der Waals surface area (Å²) >= 11 is 0. The van der Waals surface area contributed by atoms with Gasteiger partial charge in [0, 0.05) is 0 Å². The van der Waals surface area contributed by atoms with Crippen LogP contribution in [0.3, 0.4) is 0 Å². The monoisotopic (exact) mass is 374 g/mol. The summed E-state index contributed by atoms with van der Waals surface area (Å²) in [5.74, 6) is -1.43. The van der Waals surface area contributed by atoms with Crippen molar-refractivity contribution in [2.24, 2.45) is 5.92 Å². The van der Waals surface area contributed by atoms with Crippen molar-refractivity contribution in [3.63, 3.8) is 0 Å². The highest BCUT2D eigenvalue weighted by Gasteiger charge is 2.27. The molecule has 2 amide bonds. The second kappa shape index (κ2) is 9.42. The molecule has 1 aromatic carbocycles. The molecular formula is C19H22N2O6. The van der Waals surface area contributed by atoms with Crippen molar-refractivity contribution in [3.8, 4) is 5.75 Å². The number of anilines is 1. The number of amides is 2. The van der Waals surface area contributed by atoms with E-state index in [4.69, 9.17) is 13.9 Å². The zero-order valence-electron chi connectivity index (χ0n) is 15.4. The van der Waals surface area contributed by atoms with Gasteiger partial charge in [-0.15, -0.1) is 0 Å². The van der Waals surface area contributed by atoms with E-state index in [9.17, 15) is 14.4 Å². The highest BCUT2D eigenvalue weighted by atomic mass is 16.5. The normalized spacial score (nSPS) is 11.6. The van der Waals surface area contributed by atoms with Gasteiger partial charge in [-0.05, 0) is 30.2 Å². The molecule has 1 heterocycles. The average Bonchev–Trinajstić information content (AvgIpc) is 3.19. The van der Waals surface area contributed by atoms with E-state index >= 15 is 0 Å². The van der Waals surface area contributed by atoms with Crippen LogP contribution in [-0.4, -0.2) is 37.5 Å². The van der Waals surface area contributed by atoms with Crippen LogP contribution in [0.5, 0.6) is 5.75 Å². The molecule has 8 heteroatoms. The first-order valence-electron chi connectivity index (χ1n) is 8.36. The topological polar surface area (TPSA) is 107 Å². The lowest BCUT2D eigenvalue weighted by Crippen LogP contribution is -2.45. The lowest BCUT2D eigenvalue weighted by atomic mass is 10.0. The number of hydrogen-bond donors (Lipinski definition) is 2. The number of carbonyl (C=O) groups is 3. The molecule has 1 atom stereocenters. The Labute approximate surface area is 156 Å². The summed E-state index contributed by atoms with van der Waals surface area (Å²) in [4.78, 5) is 36.4. The van der Waals surface area contributed by atoms with Crippen molar-refractivity contribution in [2.75, 3.05) is 19.0 Å². The standard InChI is InChI=1S/C19H22N2O6/c1-12(2)17(21-18(23)15-9-6-10-26-15)19(24)27-11-16(22)20-13-7-4-5-8-14(13)25-3/h4-10,12,17H,11H2,1-3H3,(H,20,22)(H,21,23)/t17-/m0/s1. The quantitative estimate of drug-likeness (QED) is 0.686. The minimum atomic E-state index is -0.915. The summed E-state index contributed by atoms with van der Waals surface area (Å²) in [7, 11) is 1.49. The maximum Gasteiger partial charge on any atom is 0.329 e. The van der Waals surface area contributed by atoms with Crippen molar-refractivity contribution in [1.29, 1.82) is 0 Å². The van der Waals surface area contributed by atoms with Crippen LogP contribution in [0.15, 0.2) is 47.1 Å². The van der Waals surface area contributed by atoms with Gasteiger partial charge in [0.15, 0.2) is 12.4 Å². The molecular weight excluding hydrogens is 352 g/mol. The minimum absolute atomic E-state index is 0.0855. The highest BCUT2D eigenvalue weighted by Crippen LogP contribution is 2.22. The summed E-state index contributed by atoms with van der Waals surface area (Å²) in [6.07, 6.45) is 1.36. The van der Waals surface area contributed by atoms with Gasteiger partial charge >= 0.3 is 5.97 Å². The van der Waals surface area contributed by atoms with E-state index in [1.165, 1.54) is 19.4 Å². The van der Waals surface area contributed by atoms with Gasteiger partial charge in [-0.3, -0.25) is 9.59 Å². The van der Waals surface area contributed by atoms with Crippen LogP contribution in [0, 0.1) is 5.92 Å². The molecule has 2 N–H and O–H groups in total. The fraction of sp³-hybridized carbons (Fsp3) is 0.316. The summed E-state index contributed by atoms with van der Waals surface area (Å²) in [6.45, 7) is 3.02. The molecule has 0 bridgehead atoms. The van der Waals surface area contributed by atoms with Crippen molar-refractivity contribution in [3.05, 3.63) is 48.4 Å². The predicted molar refractivity (Wildman–Crippen MR) is 97.4 cm³/mol. The average molecular weight is 374 g/mol. The van der Waals surface area contributed by atoms with Gasteiger partial charge in [-0.1, -0.05) is 26.0 Å². The molecule has 0 saturated heterocycles. The zero-order chi connectivity index (χ0) is 19.8. The van der Waals surface area contributed by atoms with Crippen LogP contribution in [-0.2, 0) is 14.3 Å². The Morgan fingerprint density at radius 3 is 2.48 bits per heavy atom. The molecule has 144 valence electrons. The molecule has 0 aliphatic heterocycles. The SMILES string of the molecule is COc1ccccc1NC(=O)COC(=O)[C@@H](NC(=O)c1ccco1)C(C)C. The third-order valence-corrected chi connectivity index (χ3v) is 3.68. The number of ether oxygens (including phenoxy) is 2. The Bertz CT molecular complexity index is 785. The van der Waals surface area contributed by atoms with E-state index in [-0.39, 0.29) is 11.7 Å². The van der Waals surface area contributed by atoms with Gasteiger partial charge in [0.05, 0.1) is 19.1 Å². The van der Waals surface area contributed by atoms with Crippen molar-refractivity contribution in [1.82, 2.24) is 5.32 Å². The van der Waals surface area contributed by atoms with Gasteiger partial charge < -0.3 is 24.5 Å². The second-order valence-corrected chi connectivity index (χ2v) is 6.03. The first-order chi connectivity index (χ1) is 12.9. The van der Waals surface area contributed by atoms with Gasteiger partial charge in [0.25, 0.3) is 11.8 Å². The Morgan fingerprint density at radius 2 is 1.85 bits per heavy atom. The molecule has 27 heavy (non-hydrogen) atoms. The summed E-state index contributed by atoms with van der Waals surface area (Å²) in [6, 6.07) is 9.01.